The Kier molecular flexibility index (Phi) is 7.82. The van der Waals surface area contributed by atoms with Crippen LogP contribution in [0.2, 0.25) is 5.02 Å². The van der Waals surface area contributed by atoms with Crippen molar-refractivity contribution < 1.29 is 19.0 Å². The highest BCUT2D eigenvalue weighted by Gasteiger charge is 2.25. The first-order valence-electron chi connectivity index (χ1n) is 10.1. The molecular weight excluding hydrogens is 404 g/mol. The molecule has 1 saturated heterocycles. The Hall–Kier alpha value is -2.44. The molecule has 0 saturated carbocycles. The van der Waals surface area contributed by atoms with Gasteiger partial charge in [-0.3, -0.25) is 9.69 Å². The van der Waals surface area contributed by atoms with Crippen molar-refractivity contribution in [2.45, 2.75) is 25.9 Å². The lowest BCUT2D eigenvalue weighted by molar-refractivity contribution is -0.126. The van der Waals surface area contributed by atoms with Crippen LogP contribution in [0.5, 0.6) is 17.2 Å². The molecule has 3 rings (SSSR count). The van der Waals surface area contributed by atoms with Gasteiger partial charge in [-0.05, 0) is 55.3 Å². The molecule has 2 aromatic rings. The van der Waals surface area contributed by atoms with Gasteiger partial charge < -0.3 is 19.5 Å². The largest absolute Gasteiger partial charge is 0.493 e. The number of ether oxygens (including phenoxy) is 3. The zero-order valence-electron chi connectivity index (χ0n) is 17.7. The van der Waals surface area contributed by atoms with E-state index in [9.17, 15) is 4.79 Å². The predicted molar refractivity (Wildman–Crippen MR) is 117 cm³/mol. The maximum Gasteiger partial charge on any atom is 0.223 e. The van der Waals surface area contributed by atoms with E-state index in [1.165, 1.54) is 0 Å². The number of benzene rings is 2. The SMILES string of the molecule is COc1cc(CNC(=O)C2CCN(Cc3ccccc3Cl)CC2)cc(OC)c1OC. The van der Waals surface area contributed by atoms with E-state index in [0.717, 1.165) is 48.6 Å². The van der Waals surface area contributed by atoms with Crippen LogP contribution in [0.3, 0.4) is 0 Å². The second-order valence-electron chi connectivity index (χ2n) is 7.39. The fourth-order valence-corrected chi connectivity index (χ4v) is 3.99. The van der Waals surface area contributed by atoms with Crippen LogP contribution in [-0.4, -0.2) is 45.2 Å². The van der Waals surface area contributed by atoms with Crippen molar-refractivity contribution in [3.8, 4) is 17.2 Å². The highest BCUT2D eigenvalue weighted by Crippen LogP contribution is 2.38. The number of hydrogen-bond acceptors (Lipinski definition) is 5. The third-order valence-corrected chi connectivity index (χ3v) is 5.87. The molecule has 1 amide bonds. The normalized spacial score (nSPS) is 14.9. The van der Waals surface area contributed by atoms with E-state index >= 15 is 0 Å². The van der Waals surface area contributed by atoms with Crippen molar-refractivity contribution in [1.29, 1.82) is 0 Å². The summed E-state index contributed by atoms with van der Waals surface area (Å²) in [7, 11) is 4.73. The van der Waals surface area contributed by atoms with Crippen molar-refractivity contribution in [2.75, 3.05) is 34.4 Å². The van der Waals surface area contributed by atoms with E-state index in [4.69, 9.17) is 25.8 Å². The molecule has 0 atom stereocenters. The summed E-state index contributed by atoms with van der Waals surface area (Å²) in [5, 5.41) is 3.85. The van der Waals surface area contributed by atoms with E-state index < -0.39 is 0 Å². The first-order valence-corrected chi connectivity index (χ1v) is 10.5. The first kappa shape index (κ1) is 22.2. The van der Waals surface area contributed by atoms with E-state index in [1.807, 2.05) is 30.3 Å². The number of amides is 1. The van der Waals surface area contributed by atoms with Gasteiger partial charge in [0.25, 0.3) is 0 Å². The number of likely N-dealkylation sites (tertiary alicyclic amines) is 1. The first-order chi connectivity index (χ1) is 14.5. The molecule has 30 heavy (non-hydrogen) atoms. The Balaban J connectivity index is 1.52. The second-order valence-corrected chi connectivity index (χ2v) is 7.80. The van der Waals surface area contributed by atoms with Crippen molar-refractivity contribution in [1.82, 2.24) is 10.2 Å². The third-order valence-electron chi connectivity index (χ3n) is 5.50. The highest BCUT2D eigenvalue weighted by atomic mass is 35.5. The molecule has 0 aliphatic carbocycles. The van der Waals surface area contributed by atoms with Crippen molar-refractivity contribution in [2.24, 2.45) is 5.92 Å². The number of rotatable bonds is 8. The molecule has 162 valence electrons. The molecule has 1 aliphatic heterocycles. The molecule has 6 nitrogen and oxygen atoms in total. The van der Waals surface area contributed by atoms with Gasteiger partial charge in [0.05, 0.1) is 21.3 Å². The molecule has 0 unspecified atom stereocenters. The van der Waals surface area contributed by atoms with Crippen molar-refractivity contribution in [3.63, 3.8) is 0 Å². The number of methoxy groups -OCH3 is 3. The van der Waals surface area contributed by atoms with E-state index in [0.29, 0.717) is 23.8 Å². The van der Waals surface area contributed by atoms with Crippen LogP contribution in [0.1, 0.15) is 24.0 Å². The molecular formula is C23H29ClN2O4. The van der Waals surface area contributed by atoms with E-state index in [-0.39, 0.29) is 11.8 Å². The number of piperidine rings is 1. The summed E-state index contributed by atoms with van der Waals surface area (Å²) in [5.74, 6) is 1.81. The van der Waals surface area contributed by atoms with Crippen molar-refractivity contribution >= 4 is 17.5 Å². The molecule has 1 aliphatic rings. The van der Waals surface area contributed by atoms with Crippen LogP contribution < -0.4 is 19.5 Å². The lowest BCUT2D eigenvalue weighted by atomic mass is 9.95. The summed E-state index contributed by atoms with van der Waals surface area (Å²) in [6, 6.07) is 11.6. The van der Waals surface area contributed by atoms with Gasteiger partial charge in [0.2, 0.25) is 11.7 Å². The Bertz CT molecular complexity index is 841. The summed E-state index contributed by atoms with van der Waals surface area (Å²) in [6.07, 6.45) is 1.68. The number of carbonyl (C=O) groups excluding carboxylic acids is 1. The standard InChI is InChI=1S/C23H29ClN2O4/c1-28-20-12-16(13-21(29-2)22(20)30-3)14-25-23(27)17-8-10-26(11-9-17)15-18-6-4-5-7-19(18)24/h4-7,12-13,17H,8-11,14-15H2,1-3H3,(H,25,27). The average molecular weight is 433 g/mol. The van der Waals surface area contributed by atoms with Gasteiger partial charge >= 0.3 is 0 Å². The molecule has 0 radical (unpaired) electrons. The van der Waals surface area contributed by atoms with Crippen LogP contribution in [-0.2, 0) is 17.9 Å². The Morgan fingerprint density at radius 1 is 1.07 bits per heavy atom. The average Bonchev–Trinajstić information content (AvgIpc) is 2.78. The number of halogens is 1. The number of nitrogens with one attached hydrogen (secondary N) is 1. The fraction of sp³-hybridized carbons (Fsp3) is 0.435. The molecule has 1 N–H and O–H groups in total. The summed E-state index contributed by atoms with van der Waals surface area (Å²) >= 11 is 6.27. The third kappa shape index (κ3) is 5.37. The minimum Gasteiger partial charge on any atom is -0.493 e. The number of nitrogens with zero attached hydrogens (tertiary/aromatic N) is 1. The zero-order chi connectivity index (χ0) is 21.5. The summed E-state index contributed by atoms with van der Waals surface area (Å²) in [5.41, 5.74) is 2.03. The molecule has 1 heterocycles. The molecule has 7 heteroatoms. The van der Waals surface area contributed by atoms with E-state index in [2.05, 4.69) is 16.3 Å². The lowest BCUT2D eigenvalue weighted by Gasteiger charge is -2.31. The topological polar surface area (TPSA) is 60.0 Å². The van der Waals surface area contributed by atoms with Crippen LogP contribution in [0.15, 0.2) is 36.4 Å². The fourth-order valence-electron chi connectivity index (χ4n) is 3.79. The monoisotopic (exact) mass is 432 g/mol. The molecule has 1 fully saturated rings. The van der Waals surface area contributed by atoms with Gasteiger partial charge in [-0.2, -0.15) is 0 Å². The van der Waals surface area contributed by atoms with Crippen LogP contribution in [0.4, 0.5) is 0 Å². The van der Waals surface area contributed by atoms with Gasteiger partial charge in [0.15, 0.2) is 11.5 Å². The molecule has 0 spiro atoms. The van der Waals surface area contributed by atoms with Crippen LogP contribution >= 0.6 is 11.6 Å². The molecule has 2 aromatic carbocycles. The smallest absolute Gasteiger partial charge is 0.223 e. The Labute approximate surface area is 183 Å². The van der Waals surface area contributed by atoms with Crippen LogP contribution in [0, 0.1) is 5.92 Å². The van der Waals surface area contributed by atoms with Gasteiger partial charge in [-0.1, -0.05) is 29.8 Å². The molecule has 0 aromatic heterocycles. The Morgan fingerprint density at radius 3 is 2.27 bits per heavy atom. The minimum atomic E-state index is 0.0227. The lowest BCUT2D eigenvalue weighted by Crippen LogP contribution is -2.40. The summed E-state index contributed by atoms with van der Waals surface area (Å²) in [6.45, 7) is 3.00. The maximum atomic E-state index is 12.7. The summed E-state index contributed by atoms with van der Waals surface area (Å²) in [4.78, 5) is 15.0. The zero-order valence-corrected chi connectivity index (χ0v) is 18.5. The van der Waals surface area contributed by atoms with Gasteiger partial charge in [-0.25, -0.2) is 0 Å². The number of hydrogen-bond donors (Lipinski definition) is 1. The number of carbonyl (C=O) groups is 1. The quantitative estimate of drug-likeness (QED) is 0.685. The second kappa shape index (κ2) is 10.5. The van der Waals surface area contributed by atoms with E-state index in [1.54, 1.807) is 21.3 Å². The Morgan fingerprint density at radius 2 is 1.70 bits per heavy atom. The van der Waals surface area contributed by atoms with Gasteiger partial charge in [-0.15, -0.1) is 0 Å². The van der Waals surface area contributed by atoms with Gasteiger partial charge in [0.1, 0.15) is 0 Å². The summed E-state index contributed by atoms with van der Waals surface area (Å²) < 4.78 is 16.1. The molecule has 0 bridgehead atoms. The van der Waals surface area contributed by atoms with Crippen LogP contribution in [0.25, 0.3) is 0 Å². The highest BCUT2D eigenvalue weighted by molar-refractivity contribution is 6.31. The van der Waals surface area contributed by atoms with Crippen molar-refractivity contribution in [3.05, 3.63) is 52.5 Å². The predicted octanol–water partition coefficient (Wildman–Crippen LogP) is 3.89. The maximum absolute atomic E-state index is 12.7. The van der Waals surface area contributed by atoms with Gasteiger partial charge in [0, 0.05) is 24.0 Å². The minimum absolute atomic E-state index is 0.0227.